The van der Waals surface area contributed by atoms with Crippen molar-refractivity contribution in [2.45, 2.75) is 33.0 Å². The zero-order valence-corrected chi connectivity index (χ0v) is 16.6. The molecule has 0 heterocycles. The summed E-state index contributed by atoms with van der Waals surface area (Å²) in [4.78, 5) is 0. The lowest BCUT2D eigenvalue weighted by atomic mass is 10.2. The van der Waals surface area contributed by atoms with Crippen LogP contribution in [-0.4, -0.2) is 64.3 Å². The fraction of sp³-hybridized carbons (Fsp3) is 0.684. The van der Waals surface area contributed by atoms with Crippen molar-refractivity contribution in [3.63, 3.8) is 0 Å². The molecule has 0 aliphatic heterocycles. The van der Waals surface area contributed by atoms with Gasteiger partial charge in [0.15, 0.2) is 29.5 Å². The fourth-order valence-corrected chi connectivity index (χ4v) is 2.11. The lowest BCUT2D eigenvalue weighted by Crippen LogP contribution is -2.21. The van der Waals surface area contributed by atoms with E-state index in [0.29, 0.717) is 33.0 Å². The van der Waals surface area contributed by atoms with Crippen LogP contribution in [0.2, 0.25) is 0 Å². The molecule has 0 spiro atoms. The van der Waals surface area contributed by atoms with E-state index in [1.165, 1.54) is 0 Å². The molecule has 6 nitrogen and oxygen atoms in total. The highest BCUT2D eigenvalue weighted by Gasteiger charge is 2.25. The summed E-state index contributed by atoms with van der Waals surface area (Å²) in [5, 5.41) is 9.67. The molecule has 1 aromatic rings. The summed E-state index contributed by atoms with van der Waals surface area (Å²) in [5.74, 6) is -7.92. The van der Waals surface area contributed by atoms with Crippen LogP contribution in [0.15, 0.2) is 0 Å². The molecule has 0 aliphatic carbocycles. The molecule has 0 fully saturated rings. The molecule has 168 valence electrons. The van der Waals surface area contributed by atoms with Gasteiger partial charge in [0, 0.05) is 18.6 Å². The van der Waals surface area contributed by atoms with Gasteiger partial charge in [-0.2, -0.15) is 4.39 Å². The Morgan fingerprint density at radius 3 is 1.69 bits per heavy atom. The van der Waals surface area contributed by atoms with E-state index in [0.717, 1.165) is 13.3 Å². The molecule has 0 saturated carbocycles. The second kappa shape index (κ2) is 14.5. The van der Waals surface area contributed by atoms with Crippen molar-refractivity contribution in [3.05, 3.63) is 28.8 Å². The fourth-order valence-electron chi connectivity index (χ4n) is 2.11. The molecule has 0 aromatic heterocycles. The molecule has 1 atom stereocenters. The summed E-state index contributed by atoms with van der Waals surface area (Å²) in [6.07, 6.45) is -0.838. The second-order valence-electron chi connectivity index (χ2n) is 6.02. The van der Waals surface area contributed by atoms with E-state index in [2.05, 4.69) is 4.74 Å². The van der Waals surface area contributed by atoms with Gasteiger partial charge in [-0.05, 0) is 13.3 Å². The highest BCUT2D eigenvalue weighted by Crippen LogP contribution is 2.30. The normalized spacial score (nSPS) is 12.4. The molecule has 1 unspecified atom stereocenters. The smallest absolute Gasteiger partial charge is 0.206 e. The first kappa shape index (κ1) is 25.6. The Morgan fingerprint density at radius 1 is 0.690 bits per heavy atom. The summed E-state index contributed by atoms with van der Waals surface area (Å²) < 4.78 is 79.6. The van der Waals surface area contributed by atoms with Crippen LogP contribution in [0, 0.1) is 30.2 Å². The Balaban J connectivity index is 2.12. The monoisotopic (exact) mass is 428 g/mol. The number of halogens is 4. The molecule has 0 amide bonds. The molecule has 1 aromatic carbocycles. The van der Waals surface area contributed by atoms with Crippen LogP contribution >= 0.6 is 0 Å². The van der Waals surface area contributed by atoms with E-state index >= 15 is 0 Å². The lowest BCUT2D eigenvalue weighted by molar-refractivity contribution is -0.0522. The Hall–Kier alpha value is -1.46. The van der Waals surface area contributed by atoms with E-state index in [1.807, 2.05) is 6.92 Å². The van der Waals surface area contributed by atoms with Crippen LogP contribution in [0.3, 0.4) is 0 Å². The average Bonchev–Trinajstić information content (AvgIpc) is 2.71. The van der Waals surface area contributed by atoms with Gasteiger partial charge in [-0.1, -0.05) is 6.92 Å². The average molecular weight is 428 g/mol. The maximum atomic E-state index is 13.8. The van der Waals surface area contributed by atoms with Crippen molar-refractivity contribution >= 4 is 0 Å². The predicted octanol–water partition coefficient (Wildman–Crippen LogP) is 3.12. The molecule has 0 radical (unpaired) electrons. The van der Waals surface area contributed by atoms with Gasteiger partial charge in [0.2, 0.25) is 5.82 Å². The number of aliphatic hydroxyl groups is 1. The number of rotatable bonds is 16. The van der Waals surface area contributed by atoms with E-state index in [4.69, 9.17) is 18.9 Å². The number of aliphatic hydroxyl groups excluding tert-OH is 1. The minimum Gasteiger partial charge on any atom is -0.459 e. The topological polar surface area (TPSA) is 66.4 Å². The Kier molecular flexibility index (Phi) is 12.8. The molecule has 1 N–H and O–H groups in total. The standard InChI is InChI=1S/C19H28F4O6/c1-3-5-25-7-9-27-11-12-28-10-8-26-6-4-14(24)29-19-16(21)13(2)15(20)17(22)18(19)23/h14,24H,3-12H2,1-2H3. The van der Waals surface area contributed by atoms with Crippen molar-refractivity contribution in [3.8, 4) is 5.75 Å². The summed E-state index contributed by atoms with van der Waals surface area (Å²) >= 11 is 0. The van der Waals surface area contributed by atoms with Gasteiger partial charge < -0.3 is 28.8 Å². The predicted molar refractivity (Wildman–Crippen MR) is 95.8 cm³/mol. The molecule has 1 rings (SSSR count). The number of hydrogen-bond donors (Lipinski definition) is 1. The minimum absolute atomic E-state index is 0.00168. The highest BCUT2D eigenvalue weighted by molar-refractivity contribution is 5.34. The third-order valence-corrected chi connectivity index (χ3v) is 3.67. The van der Waals surface area contributed by atoms with E-state index in [-0.39, 0.29) is 26.2 Å². The molecule has 0 aliphatic rings. The second-order valence-corrected chi connectivity index (χ2v) is 6.02. The van der Waals surface area contributed by atoms with Gasteiger partial charge >= 0.3 is 0 Å². The summed E-state index contributed by atoms with van der Waals surface area (Å²) in [7, 11) is 0. The minimum atomic E-state index is -1.86. The van der Waals surface area contributed by atoms with Crippen molar-refractivity contribution < 1.29 is 46.4 Å². The van der Waals surface area contributed by atoms with Gasteiger partial charge in [-0.3, -0.25) is 0 Å². The molecule has 0 saturated heterocycles. The molecule has 10 heteroatoms. The van der Waals surface area contributed by atoms with Crippen LogP contribution in [0.25, 0.3) is 0 Å². The SMILES string of the molecule is CCCOCCOCCOCCOCCC(O)Oc1c(F)c(C)c(F)c(F)c1F. The largest absolute Gasteiger partial charge is 0.459 e. The maximum absolute atomic E-state index is 13.8. The zero-order valence-electron chi connectivity index (χ0n) is 16.6. The van der Waals surface area contributed by atoms with Crippen molar-refractivity contribution in [2.75, 3.05) is 52.9 Å². The Morgan fingerprint density at radius 2 is 1.17 bits per heavy atom. The van der Waals surface area contributed by atoms with E-state index in [1.54, 1.807) is 0 Å². The summed E-state index contributed by atoms with van der Waals surface area (Å²) in [6.45, 7) is 6.03. The highest BCUT2D eigenvalue weighted by atomic mass is 19.2. The quantitative estimate of drug-likeness (QED) is 0.144. The van der Waals surface area contributed by atoms with Crippen LogP contribution in [0.4, 0.5) is 17.6 Å². The van der Waals surface area contributed by atoms with Crippen LogP contribution < -0.4 is 4.74 Å². The van der Waals surface area contributed by atoms with Gasteiger partial charge in [0.25, 0.3) is 0 Å². The maximum Gasteiger partial charge on any atom is 0.206 e. The number of hydrogen-bond acceptors (Lipinski definition) is 6. The van der Waals surface area contributed by atoms with Crippen LogP contribution in [0.5, 0.6) is 5.75 Å². The molecular formula is C19H28F4O6. The molecule has 0 bridgehead atoms. The number of benzene rings is 1. The van der Waals surface area contributed by atoms with Gasteiger partial charge in [-0.15, -0.1) is 0 Å². The molecular weight excluding hydrogens is 400 g/mol. The molecule has 29 heavy (non-hydrogen) atoms. The Bertz CT molecular complexity index is 574. The lowest BCUT2D eigenvalue weighted by Gasteiger charge is -2.16. The zero-order chi connectivity index (χ0) is 21.6. The first-order valence-electron chi connectivity index (χ1n) is 9.38. The first-order chi connectivity index (χ1) is 13.9. The summed E-state index contributed by atoms with van der Waals surface area (Å²) in [5.41, 5.74) is -0.739. The summed E-state index contributed by atoms with van der Waals surface area (Å²) in [6, 6.07) is 0. The third-order valence-electron chi connectivity index (χ3n) is 3.67. The van der Waals surface area contributed by atoms with Gasteiger partial charge in [0.05, 0.1) is 46.2 Å². The first-order valence-corrected chi connectivity index (χ1v) is 9.38. The van der Waals surface area contributed by atoms with Crippen molar-refractivity contribution in [1.82, 2.24) is 0 Å². The van der Waals surface area contributed by atoms with Crippen LogP contribution in [0.1, 0.15) is 25.3 Å². The van der Waals surface area contributed by atoms with Crippen LogP contribution in [-0.2, 0) is 18.9 Å². The van der Waals surface area contributed by atoms with Crippen molar-refractivity contribution in [1.29, 1.82) is 0 Å². The van der Waals surface area contributed by atoms with Crippen molar-refractivity contribution in [2.24, 2.45) is 0 Å². The van der Waals surface area contributed by atoms with Gasteiger partial charge in [0.1, 0.15) is 0 Å². The third kappa shape index (κ3) is 9.26. The van der Waals surface area contributed by atoms with E-state index in [9.17, 15) is 22.7 Å². The Labute approximate surface area is 167 Å². The number of ether oxygens (including phenoxy) is 5. The van der Waals surface area contributed by atoms with Gasteiger partial charge in [-0.25, -0.2) is 13.2 Å². The van der Waals surface area contributed by atoms with E-state index < -0.39 is 40.9 Å².